The molecule has 28 heavy (non-hydrogen) atoms. The predicted molar refractivity (Wildman–Crippen MR) is 104 cm³/mol. The van der Waals surface area contributed by atoms with Crippen LogP contribution in [-0.4, -0.2) is 26.5 Å². The molecule has 3 aromatic rings. The lowest BCUT2D eigenvalue weighted by molar-refractivity contribution is -0.384. The first-order valence-corrected chi connectivity index (χ1v) is 8.82. The third-order valence-electron chi connectivity index (χ3n) is 3.93. The maximum absolute atomic E-state index is 12.4. The summed E-state index contributed by atoms with van der Waals surface area (Å²) in [5.74, 6) is -1.23. The zero-order chi connectivity index (χ0) is 20.3. The van der Waals surface area contributed by atoms with Crippen LogP contribution in [0.15, 0.2) is 59.2 Å². The fourth-order valence-corrected chi connectivity index (χ4v) is 2.75. The second-order valence-electron chi connectivity index (χ2n) is 5.75. The fourth-order valence-electron chi connectivity index (χ4n) is 2.49. The number of hydrogen-bond acceptors (Lipinski definition) is 5. The monoisotopic (exact) mass is 443 g/mol. The molecular weight excluding hydrogens is 430 g/mol. The topological polar surface area (TPSA) is 119 Å². The number of benzene rings is 2. The van der Waals surface area contributed by atoms with Gasteiger partial charge in [0.2, 0.25) is 0 Å². The quantitative estimate of drug-likeness (QED) is 0.474. The van der Waals surface area contributed by atoms with E-state index in [4.69, 9.17) is 0 Å². The second kappa shape index (κ2) is 8.01. The van der Waals surface area contributed by atoms with Crippen molar-refractivity contribution in [2.24, 2.45) is 0 Å². The summed E-state index contributed by atoms with van der Waals surface area (Å²) >= 11 is 3.36. The number of hydrazine groups is 1. The van der Waals surface area contributed by atoms with E-state index < -0.39 is 16.7 Å². The molecule has 2 N–H and O–H groups in total. The molecule has 0 aliphatic rings. The van der Waals surface area contributed by atoms with Crippen LogP contribution in [0.25, 0.3) is 5.69 Å². The first-order valence-electron chi connectivity index (χ1n) is 8.02. The average Bonchev–Trinajstić information content (AvgIpc) is 3.08. The lowest BCUT2D eigenvalue weighted by Crippen LogP contribution is -2.41. The van der Waals surface area contributed by atoms with E-state index in [1.807, 2.05) is 24.3 Å². The standard InChI is InChI=1S/C18H14BrN5O4/c1-11-16(10-20-23(11)14-7-5-13(19)6-8-14)18(26)22-21-17(25)12-3-2-4-15(9-12)24(27)28/h2-10H,1H3,(H,21,25)(H,22,26). The van der Waals surface area contributed by atoms with Crippen molar-refractivity contribution in [1.29, 1.82) is 0 Å². The van der Waals surface area contributed by atoms with E-state index in [0.29, 0.717) is 5.69 Å². The number of nitrogens with one attached hydrogen (secondary N) is 2. The summed E-state index contributed by atoms with van der Waals surface area (Å²) in [6, 6.07) is 12.6. The van der Waals surface area contributed by atoms with Gasteiger partial charge >= 0.3 is 0 Å². The van der Waals surface area contributed by atoms with Gasteiger partial charge in [-0.15, -0.1) is 0 Å². The Balaban J connectivity index is 1.70. The van der Waals surface area contributed by atoms with Crippen molar-refractivity contribution in [3.63, 3.8) is 0 Å². The molecule has 1 heterocycles. The van der Waals surface area contributed by atoms with Gasteiger partial charge in [-0.25, -0.2) is 4.68 Å². The number of carbonyl (C=O) groups excluding carboxylic acids is 2. The summed E-state index contributed by atoms with van der Waals surface area (Å²) < 4.78 is 2.52. The molecule has 2 aromatic carbocycles. The fraction of sp³-hybridized carbons (Fsp3) is 0.0556. The molecule has 0 unspecified atom stereocenters. The molecule has 0 fully saturated rings. The number of aromatic nitrogens is 2. The molecule has 0 aliphatic carbocycles. The van der Waals surface area contributed by atoms with Crippen LogP contribution < -0.4 is 10.9 Å². The van der Waals surface area contributed by atoms with Gasteiger partial charge in [-0.1, -0.05) is 22.0 Å². The minimum Gasteiger partial charge on any atom is -0.267 e. The minimum absolute atomic E-state index is 0.0526. The molecule has 0 radical (unpaired) electrons. The number of amides is 2. The molecule has 1 aromatic heterocycles. The zero-order valence-corrected chi connectivity index (χ0v) is 16.1. The van der Waals surface area contributed by atoms with Gasteiger partial charge in [0.25, 0.3) is 17.5 Å². The number of nitro benzene ring substituents is 1. The Kier molecular flexibility index (Phi) is 5.50. The zero-order valence-electron chi connectivity index (χ0n) is 14.5. The predicted octanol–water partition coefficient (Wildman–Crippen LogP) is 2.93. The Hall–Kier alpha value is -3.53. The van der Waals surface area contributed by atoms with Gasteiger partial charge in [-0.2, -0.15) is 5.10 Å². The smallest absolute Gasteiger partial charge is 0.267 e. The summed E-state index contributed by atoms with van der Waals surface area (Å²) in [6.07, 6.45) is 1.40. The molecule has 10 heteroatoms. The lowest BCUT2D eigenvalue weighted by atomic mass is 10.2. The van der Waals surface area contributed by atoms with Crippen molar-refractivity contribution in [3.8, 4) is 5.69 Å². The van der Waals surface area contributed by atoms with Crippen LogP contribution in [-0.2, 0) is 0 Å². The highest BCUT2D eigenvalue weighted by molar-refractivity contribution is 9.10. The van der Waals surface area contributed by atoms with E-state index in [0.717, 1.165) is 16.2 Å². The summed E-state index contributed by atoms with van der Waals surface area (Å²) in [5.41, 5.74) is 6.02. The van der Waals surface area contributed by atoms with Gasteiger partial charge in [0, 0.05) is 22.2 Å². The van der Waals surface area contributed by atoms with E-state index in [2.05, 4.69) is 31.9 Å². The van der Waals surface area contributed by atoms with Crippen molar-refractivity contribution < 1.29 is 14.5 Å². The summed E-state index contributed by atoms with van der Waals surface area (Å²) in [6.45, 7) is 1.73. The first kappa shape index (κ1) is 19.2. The Labute approximate surface area is 167 Å². The summed E-state index contributed by atoms with van der Waals surface area (Å²) in [4.78, 5) is 34.7. The average molecular weight is 444 g/mol. The van der Waals surface area contributed by atoms with Gasteiger partial charge in [0.05, 0.1) is 28.1 Å². The van der Waals surface area contributed by atoms with Crippen LogP contribution in [0.5, 0.6) is 0 Å². The first-order chi connectivity index (χ1) is 13.4. The lowest BCUT2D eigenvalue weighted by Gasteiger charge is -2.08. The molecule has 142 valence electrons. The van der Waals surface area contributed by atoms with Gasteiger partial charge < -0.3 is 0 Å². The van der Waals surface area contributed by atoms with Crippen molar-refractivity contribution in [2.45, 2.75) is 6.92 Å². The van der Waals surface area contributed by atoms with Crippen LogP contribution >= 0.6 is 15.9 Å². The van der Waals surface area contributed by atoms with E-state index in [-0.39, 0.29) is 16.8 Å². The van der Waals surface area contributed by atoms with Gasteiger partial charge in [-0.3, -0.25) is 30.6 Å². The molecule has 0 bridgehead atoms. The molecular formula is C18H14BrN5O4. The molecule has 0 spiro atoms. The van der Waals surface area contributed by atoms with Gasteiger partial charge in [-0.05, 0) is 37.3 Å². The number of non-ortho nitro benzene ring substituents is 1. The molecule has 9 nitrogen and oxygen atoms in total. The number of halogens is 1. The third kappa shape index (κ3) is 4.07. The van der Waals surface area contributed by atoms with Crippen LogP contribution in [0.1, 0.15) is 26.4 Å². The van der Waals surface area contributed by atoms with Crippen molar-refractivity contribution in [3.05, 3.63) is 86.1 Å². The maximum atomic E-state index is 12.4. The Morgan fingerprint density at radius 3 is 2.46 bits per heavy atom. The molecule has 0 atom stereocenters. The van der Waals surface area contributed by atoms with Gasteiger partial charge in [0.15, 0.2) is 0 Å². The Bertz CT molecular complexity index is 1060. The van der Waals surface area contributed by atoms with E-state index >= 15 is 0 Å². The largest absolute Gasteiger partial charge is 0.273 e. The highest BCUT2D eigenvalue weighted by Gasteiger charge is 2.17. The molecule has 0 saturated carbocycles. The van der Waals surface area contributed by atoms with E-state index in [9.17, 15) is 19.7 Å². The number of nitro groups is 1. The number of carbonyl (C=O) groups is 2. The van der Waals surface area contributed by atoms with E-state index in [1.165, 1.54) is 24.4 Å². The Morgan fingerprint density at radius 1 is 1.11 bits per heavy atom. The summed E-state index contributed by atoms with van der Waals surface area (Å²) in [7, 11) is 0. The van der Waals surface area contributed by atoms with Crippen LogP contribution in [0, 0.1) is 17.0 Å². The number of nitrogens with zero attached hydrogens (tertiary/aromatic N) is 3. The molecule has 0 aliphatic heterocycles. The van der Waals surface area contributed by atoms with Crippen molar-refractivity contribution >= 4 is 33.4 Å². The van der Waals surface area contributed by atoms with Crippen LogP contribution in [0.4, 0.5) is 5.69 Å². The number of rotatable bonds is 4. The van der Waals surface area contributed by atoms with E-state index in [1.54, 1.807) is 11.6 Å². The van der Waals surface area contributed by atoms with Crippen LogP contribution in [0.3, 0.4) is 0 Å². The SMILES string of the molecule is Cc1c(C(=O)NNC(=O)c2cccc([N+](=O)[O-])c2)cnn1-c1ccc(Br)cc1. The third-order valence-corrected chi connectivity index (χ3v) is 4.46. The molecule has 2 amide bonds. The van der Waals surface area contributed by atoms with Crippen molar-refractivity contribution in [2.75, 3.05) is 0 Å². The molecule has 3 rings (SSSR count). The summed E-state index contributed by atoms with van der Waals surface area (Å²) in [5, 5.41) is 15.0. The Morgan fingerprint density at radius 2 is 1.79 bits per heavy atom. The highest BCUT2D eigenvalue weighted by atomic mass is 79.9. The van der Waals surface area contributed by atoms with Gasteiger partial charge in [0.1, 0.15) is 0 Å². The normalized spacial score (nSPS) is 10.4. The van der Waals surface area contributed by atoms with Crippen molar-refractivity contribution in [1.82, 2.24) is 20.6 Å². The molecule has 0 saturated heterocycles. The second-order valence-corrected chi connectivity index (χ2v) is 6.66. The number of hydrogen-bond donors (Lipinski definition) is 2. The minimum atomic E-state index is -0.671. The maximum Gasteiger partial charge on any atom is 0.273 e. The van der Waals surface area contributed by atoms with Crippen LogP contribution in [0.2, 0.25) is 0 Å². The highest BCUT2D eigenvalue weighted by Crippen LogP contribution is 2.17.